The average molecular weight is 296 g/mol. The number of esters is 1. The van der Waals surface area contributed by atoms with Crippen molar-refractivity contribution in [3.8, 4) is 0 Å². The van der Waals surface area contributed by atoms with Gasteiger partial charge in [-0.2, -0.15) is 0 Å². The lowest BCUT2D eigenvalue weighted by Crippen LogP contribution is -2.62. The summed E-state index contributed by atoms with van der Waals surface area (Å²) in [6.45, 7) is 13.1. The minimum Gasteiger partial charge on any atom is -0.468 e. The Balaban J connectivity index is 2.38. The van der Waals surface area contributed by atoms with Gasteiger partial charge in [-0.15, -0.1) is 0 Å². The Hall–Kier alpha value is -0.610. The molecule has 21 heavy (non-hydrogen) atoms. The van der Waals surface area contributed by atoms with Crippen LogP contribution >= 0.6 is 0 Å². The van der Waals surface area contributed by atoms with Gasteiger partial charge in [0, 0.05) is 19.6 Å². The fraction of sp³-hybridized carbons (Fsp3) is 0.941. The quantitative estimate of drug-likeness (QED) is 0.795. The van der Waals surface area contributed by atoms with Crippen LogP contribution in [-0.2, 0) is 9.53 Å². The lowest BCUT2D eigenvalue weighted by Gasteiger charge is -2.54. The maximum Gasteiger partial charge on any atom is 0.326 e. The van der Waals surface area contributed by atoms with Gasteiger partial charge in [0.05, 0.1) is 7.11 Å². The van der Waals surface area contributed by atoms with Crippen LogP contribution in [0.3, 0.4) is 0 Å². The fourth-order valence-electron chi connectivity index (χ4n) is 5.03. The molecule has 1 saturated heterocycles. The maximum atomic E-state index is 12.8. The monoisotopic (exact) mass is 296 g/mol. The van der Waals surface area contributed by atoms with E-state index in [2.05, 4.69) is 37.9 Å². The van der Waals surface area contributed by atoms with Gasteiger partial charge in [-0.25, -0.2) is 0 Å². The SMILES string of the molecule is COC(=O)C1(N2CCCNCC2)CC(C)(C)CC(C)(C)C1. The van der Waals surface area contributed by atoms with Gasteiger partial charge in [-0.3, -0.25) is 9.69 Å². The summed E-state index contributed by atoms with van der Waals surface area (Å²) in [6, 6.07) is 0. The van der Waals surface area contributed by atoms with Crippen molar-refractivity contribution in [2.45, 2.75) is 58.9 Å². The predicted molar refractivity (Wildman–Crippen MR) is 85.2 cm³/mol. The minimum absolute atomic E-state index is 0.0368. The van der Waals surface area contributed by atoms with Crippen molar-refractivity contribution in [1.29, 1.82) is 0 Å². The van der Waals surface area contributed by atoms with Gasteiger partial charge >= 0.3 is 5.97 Å². The van der Waals surface area contributed by atoms with E-state index in [-0.39, 0.29) is 16.8 Å². The molecule has 1 aliphatic carbocycles. The van der Waals surface area contributed by atoms with Gasteiger partial charge in [0.25, 0.3) is 0 Å². The van der Waals surface area contributed by atoms with Crippen molar-refractivity contribution in [2.24, 2.45) is 10.8 Å². The Morgan fingerprint density at radius 1 is 1.00 bits per heavy atom. The molecule has 1 aliphatic heterocycles. The number of methoxy groups -OCH3 is 1. The summed E-state index contributed by atoms with van der Waals surface area (Å²) in [5, 5.41) is 3.44. The van der Waals surface area contributed by atoms with Crippen molar-refractivity contribution in [2.75, 3.05) is 33.3 Å². The molecule has 1 saturated carbocycles. The zero-order valence-corrected chi connectivity index (χ0v) is 14.4. The van der Waals surface area contributed by atoms with E-state index >= 15 is 0 Å². The van der Waals surface area contributed by atoms with Crippen LogP contribution in [0.4, 0.5) is 0 Å². The minimum atomic E-state index is -0.452. The molecular formula is C17H32N2O2. The summed E-state index contributed by atoms with van der Waals surface area (Å²) < 4.78 is 5.27. The number of nitrogens with zero attached hydrogens (tertiary/aromatic N) is 1. The molecule has 1 N–H and O–H groups in total. The van der Waals surface area contributed by atoms with Crippen molar-refractivity contribution < 1.29 is 9.53 Å². The number of ether oxygens (including phenoxy) is 1. The molecule has 2 fully saturated rings. The topological polar surface area (TPSA) is 41.6 Å². The van der Waals surface area contributed by atoms with Gasteiger partial charge in [0.1, 0.15) is 5.54 Å². The summed E-state index contributed by atoms with van der Waals surface area (Å²) in [7, 11) is 1.54. The highest BCUT2D eigenvalue weighted by Gasteiger charge is 2.55. The second kappa shape index (κ2) is 5.88. The lowest BCUT2D eigenvalue weighted by atomic mass is 9.57. The van der Waals surface area contributed by atoms with E-state index in [1.165, 1.54) is 7.11 Å². The summed E-state index contributed by atoms with van der Waals surface area (Å²) in [5.74, 6) is -0.0368. The summed E-state index contributed by atoms with van der Waals surface area (Å²) in [5.41, 5.74) is -0.128. The van der Waals surface area contributed by atoms with Crippen LogP contribution in [0.2, 0.25) is 0 Å². The zero-order valence-electron chi connectivity index (χ0n) is 14.4. The maximum absolute atomic E-state index is 12.8. The molecule has 0 bridgehead atoms. The van der Waals surface area contributed by atoms with E-state index in [0.29, 0.717) is 0 Å². The molecule has 0 aromatic rings. The summed E-state index contributed by atoms with van der Waals surface area (Å²) >= 11 is 0. The van der Waals surface area contributed by atoms with Crippen molar-refractivity contribution in [3.63, 3.8) is 0 Å². The number of carbonyl (C=O) groups is 1. The third kappa shape index (κ3) is 3.59. The van der Waals surface area contributed by atoms with Crippen LogP contribution < -0.4 is 5.32 Å². The highest BCUT2D eigenvalue weighted by Crippen LogP contribution is 2.52. The molecule has 2 rings (SSSR count). The van der Waals surface area contributed by atoms with E-state index in [0.717, 1.165) is 51.9 Å². The Morgan fingerprint density at radius 2 is 1.62 bits per heavy atom. The Morgan fingerprint density at radius 3 is 2.19 bits per heavy atom. The van der Waals surface area contributed by atoms with E-state index in [9.17, 15) is 4.79 Å². The molecule has 0 spiro atoms. The first kappa shape index (κ1) is 16.8. The zero-order chi connectivity index (χ0) is 15.7. The smallest absolute Gasteiger partial charge is 0.326 e. The van der Waals surface area contributed by atoms with E-state index in [1.54, 1.807) is 0 Å². The van der Waals surface area contributed by atoms with Crippen LogP contribution in [0.15, 0.2) is 0 Å². The highest BCUT2D eigenvalue weighted by molar-refractivity contribution is 5.81. The van der Waals surface area contributed by atoms with Gasteiger partial charge in [-0.05, 0) is 43.1 Å². The molecule has 4 nitrogen and oxygen atoms in total. The van der Waals surface area contributed by atoms with Crippen molar-refractivity contribution in [1.82, 2.24) is 10.2 Å². The number of nitrogens with one attached hydrogen (secondary N) is 1. The molecule has 122 valence electrons. The largest absolute Gasteiger partial charge is 0.468 e. The van der Waals surface area contributed by atoms with Crippen LogP contribution in [0.5, 0.6) is 0 Å². The third-order valence-corrected chi connectivity index (χ3v) is 5.01. The third-order valence-electron chi connectivity index (χ3n) is 5.01. The van der Waals surface area contributed by atoms with Crippen molar-refractivity contribution >= 4 is 5.97 Å². The normalized spacial score (nSPS) is 28.6. The number of hydrogen-bond donors (Lipinski definition) is 1. The van der Waals surface area contributed by atoms with E-state index in [1.807, 2.05) is 0 Å². The van der Waals surface area contributed by atoms with Gasteiger partial charge in [0.2, 0.25) is 0 Å². The molecule has 0 aromatic carbocycles. The van der Waals surface area contributed by atoms with Crippen LogP contribution in [0, 0.1) is 10.8 Å². The molecule has 0 unspecified atom stereocenters. The fourth-order valence-corrected chi connectivity index (χ4v) is 5.03. The van der Waals surface area contributed by atoms with Gasteiger partial charge < -0.3 is 10.1 Å². The van der Waals surface area contributed by atoms with Gasteiger partial charge in [0.15, 0.2) is 0 Å². The first-order chi connectivity index (χ1) is 9.71. The first-order valence-corrected chi connectivity index (χ1v) is 8.25. The highest BCUT2D eigenvalue weighted by atomic mass is 16.5. The Bertz CT molecular complexity index is 366. The second-order valence-electron chi connectivity index (χ2n) is 8.47. The first-order valence-electron chi connectivity index (χ1n) is 8.25. The molecular weight excluding hydrogens is 264 g/mol. The summed E-state index contributed by atoms with van der Waals surface area (Å²) in [4.78, 5) is 15.2. The molecule has 0 amide bonds. The average Bonchev–Trinajstić information content (AvgIpc) is 2.62. The van der Waals surface area contributed by atoms with Crippen LogP contribution in [0.25, 0.3) is 0 Å². The standard InChI is InChI=1S/C17H32N2O2/c1-15(2)11-16(3,4)13-17(12-15,14(20)21-5)19-9-6-7-18-8-10-19/h18H,6-13H2,1-5H3. The predicted octanol–water partition coefficient (Wildman–Crippen LogP) is 2.43. The number of carbonyl (C=O) groups excluding carboxylic acids is 1. The number of hydrogen-bond acceptors (Lipinski definition) is 4. The summed E-state index contributed by atoms with van der Waals surface area (Å²) in [6.07, 6.45) is 4.05. The van der Waals surface area contributed by atoms with Crippen LogP contribution in [-0.4, -0.2) is 49.7 Å². The van der Waals surface area contributed by atoms with Crippen LogP contribution in [0.1, 0.15) is 53.4 Å². The molecule has 0 aromatic heterocycles. The molecule has 0 radical (unpaired) electrons. The molecule has 0 atom stereocenters. The van der Waals surface area contributed by atoms with Gasteiger partial charge in [-0.1, -0.05) is 27.7 Å². The second-order valence-corrected chi connectivity index (χ2v) is 8.47. The van der Waals surface area contributed by atoms with E-state index < -0.39 is 5.54 Å². The lowest BCUT2D eigenvalue weighted by molar-refractivity contribution is -0.166. The number of rotatable bonds is 2. The molecule has 4 heteroatoms. The molecule has 2 aliphatic rings. The van der Waals surface area contributed by atoms with E-state index in [4.69, 9.17) is 4.74 Å². The van der Waals surface area contributed by atoms with Crippen molar-refractivity contribution in [3.05, 3.63) is 0 Å². The Kier molecular flexibility index (Phi) is 4.69. The molecule has 1 heterocycles. The Labute approximate surface area is 129 Å².